The number of primary amides is 1. The molecule has 0 bridgehead atoms. The molecule has 1 aromatic rings. The molecule has 0 radical (unpaired) electrons. The van der Waals surface area contributed by atoms with Gasteiger partial charge in [-0.1, -0.05) is 0 Å². The van der Waals surface area contributed by atoms with E-state index in [0.29, 0.717) is 5.75 Å². The first kappa shape index (κ1) is 12.7. The lowest BCUT2D eigenvalue weighted by Gasteiger charge is -2.05. The van der Waals surface area contributed by atoms with Gasteiger partial charge in [0.05, 0.1) is 11.9 Å². The zero-order valence-corrected chi connectivity index (χ0v) is 9.34. The second kappa shape index (κ2) is 5.64. The maximum absolute atomic E-state index is 10.9. The highest BCUT2D eigenvalue weighted by molar-refractivity contribution is 6.40. The molecular formula is C11H13N3O3. The number of rotatable bonds is 5. The molecule has 90 valence electrons. The van der Waals surface area contributed by atoms with Crippen LogP contribution >= 0.6 is 0 Å². The van der Waals surface area contributed by atoms with E-state index in [9.17, 15) is 9.59 Å². The van der Waals surface area contributed by atoms with E-state index >= 15 is 0 Å². The molecule has 4 N–H and O–H groups in total. The van der Waals surface area contributed by atoms with Crippen molar-refractivity contribution in [3.63, 3.8) is 0 Å². The largest absolute Gasteiger partial charge is 0.486 e. The van der Waals surface area contributed by atoms with Crippen molar-refractivity contribution in [3.8, 4) is 5.75 Å². The van der Waals surface area contributed by atoms with Crippen LogP contribution in [0.25, 0.3) is 0 Å². The predicted octanol–water partition coefficient (Wildman–Crippen LogP) is -0.334. The third-order valence-corrected chi connectivity index (χ3v) is 1.85. The van der Waals surface area contributed by atoms with Crippen molar-refractivity contribution in [1.82, 2.24) is 4.98 Å². The van der Waals surface area contributed by atoms with E-state index < -0.39 is 11.7 Å². The summed E-state index contributed by atoms with van der Waals surface area (Å²) in [5.74, 6) is -1.38. The van der Waals surface area contributed by atoms with Gasteiger partial charge in [-0.05, 0) is 19.1 Å². The fourth-order valence-corrected chi connectivity index (χ4v) is 0.987. The van der Waals surface area contributed by atoms with Crippen LogP contribution in [0.5, 0.6) is 5.75 Å². The van der Waals surface area contributed by atoms with Gasteiger partial charge < -0.3 is 16.2 Å². The minimum absolute atomic E-state index is 0.0102. The molecule has 1 aromatic heterocycles. The molecule has 0 fully saturated rings. The van der Waals surface area contributed by atoms with E-state index in [1.807, 2.05) is 6.92 Å². The molecule has 1 heterocycles. The van der Waals surface area contributed by atoms with Crippen LogP contribution in [-0.2, 0) is 9.59 Å². The third-order valence-electron chi connectivity index (χ3n) is 1.85. The lowest BCUT2D eigenvalue weighted by molar-refractivity contribution is -0.133. The van der Waals surface area contributed by atoms with E-state index in [1.54, 1.807) is 18.3 Å². The topological polar surface area (TPSA) is 108 Å². The summed E-state index contributed by atoms with van der Waals surface area (Å²) in [7, 11) is 0. The first-order chi connectivity index (χ1) is 7.99. The van der Waals surface area contributed by atoms with Gasteiger partial charge in [0.15, 0.2) is 0 Å². The normalized spacial score (nSPS) is 11.0. The van der Waals surface area contributed by atoms with Crippen LogP contribution in [0, 0.1) is 6.92 Å². The summed E-state index contributed by atoms with van der Waals surface area (Å²) < 4.78 is 5.24. The number of amides is 1. The van der Waals surface area contributed by atoms with Crippen LogP contribution < -0.4 is 16.2 Å². The molecule has 0 unspecified atom stereocenters. The molecule has 1 rings (SSSR count). The molecule has 0 aromatic carbocycles. The van der Waals surface area contributed by atoms with Crippen LogP contribution in [0.4, 0.5) is 0 Å². The molecule has 0 saturated carbocycles. The van der Waals surface area contributed by atoms with Gasteiger partial charge in [-0.15, -0.1) is 0 Å². The first-order valence-electron chi connectivity index (χ1n) is 4.84. The molecule has 6 nitrogen and oxygen atoms in total. The number of ether oxygens (including phenoxy) is 1. The SMILES string of the molecule is Cc1ccc(OC/C(N)=C/C(=O)C(N)=O)cn1. The second-order valence-corrected chi connectivity index (χ2v) is 3.37. The highest BCUT2D eigenvalue weighted by Gasteiger charge is 2.06. The van der Waals surface area contributed by atoms with E-state index in [4.69, 9.17) is 16.2 Å². The minimum Gasteiger partial charge on any atom is -0.486 e. The van der Waals surface area contributed by atoms with Crippen molar-refractivity contribution < 1.29 is 14.3 Å². The number of aromatic nitrogens is 1. The van der Waals surface area contributed by atoms with Crippen molar-refractivity contribution in [3.05, 3.63) is 35.8 Å². The van der Waals surface area contributed by atoms with Gasteiger partial charge in [-0.25, -0.2) is 0 Å². The molecule has 1 amide bonds. The van der Waals surface area contributed by atoms with E-state index in [1.165, 1.54) is 0 Å². The van der Waals surface area contributed by atoms with Crippen LogP contribution in [0.15, 0.2) is 30.1 Å². The van der Waals surface area contributed by atoms with Crippen molar-refractivity contribution >= 4 is 11.7 Å². The third kappa shape index (κ3) is 4.33. The monoisotopic (exact) mass is 235 g/mol. The Bertz CT molecular complexity index is 452. The molecule has 17 heavy (non-hydrogen) atoms. The highest BCUT2D eigenvalue weighted by atomic mass is 16.5. The number of carbonyl (C=O) groups is 2. The Morgan fingerprint density at radius 3 is 2.65 bits per heavy atom. The average Bonchev–Trinajstić information content (AvgIpc) is 2.28. The highest BCUT2D eigenvalue weighted by Crippen LogP contribution is 2.08. The van der Waals surface area contributed by atoms with Crippen molar-refractivity contribution in [2.24, 2.45) is 11.5 Å². The van der Waals surface area contributed by atoms with Gasteiger partial charge in [0.2, 0.25) is 5.78 Å². The van der Waals surface area contributed by atoms with Crippen molar-refractivity contribution in [1.29, 1.82) is 0 Å². The molecule has 0 aliphatic carbocycles. The summed E-state index contributed by atoms with van der Waals surface area (Å²) in [5.41, 5.74) is 11.2. The number of hydrogen-bond acceptors (Lipinski definition) is 5. The van der Waals surface area contributed by atoms with Crippen molar-refractivity contribution in [2.75, 3.05) is 6.61 Å². The van der Waals surface area contributed by atoms with Crippen molar-refractivity contribution in [2.45, 2.75) is 6.92 Å². The molecule has 0 saturated heterocycles. The van der Waals surface area contributed by atoms with Crippen LogP contribution in [0.1, 0.15) is 5.69 Å². The molecule has 6 heteroatoms. The van der Waals surface area contributed by atoms with Gasteiger partial charge in [-0.2, -0.15) is 0 Å². The zero-order chi connectivity index (χ0) is 12.8. The summed E-state index contributed by atoms with van der Waals surface area (Å²) >= 11 is 0. The summed E-state index contributed by atoms with van der Waals surface area (Å²) in [6.45, 7) is 1.84. The summed E-state index contributed by atoms with van der Waals surface area (Å²) in [6.07, 6.45) is 2.49. The molecular weight excluding hydrogens is 222 g/mol. The number of carbonyl (C=O) groups excluding carboxylic acids is 2. The minimum atomic E-state index is -1.05. The van der Waals surface area contributed by atoms with Crippen LogP contribution in [0.2, 0.25) is 0 Å². The van der Waals surface area contributed by atoms with E-state index in [2.05, 4.69) is 4.98 Å². The van der Waals surface area contributed by atoms with Gasteiger partial charge in [0, 0.05) is 11.8 Å². The Morgan fingerprint density at radius 2 is 2.12 bits per heavy atom. The molecule has 0 aliphatic heterocycles. The Hall–Kier alpha value is -2.37. The maximum atomic E-state index is 10.9. The van der Waals surface area contributed by atoms with Gasteiger partial charge in [0.25, 0.3) is 5.91 Å². The van der Waals surface area contributed by atoms with Crippen LogP contribution in [-0.4, -0.2) is 23.3 Å². The smallest absolute Gasteiger partial charge is 0.289 e. The fraction of sp³-hybridized carbons (Fsp3) is 0.182. The average molecular weight is 235 g/mol. The quantitative estimate of drug-likeness (QED) is 0.536. The Kier molecular flexibility index (Phi) is 4.21. The maximum Gasteiger partial charge on any atom is 0.289 e. The first-order valence-corrected chi connectivity index (χ1v) is 4.84. The Morgan fingerprint density at radius 1 is 1.41 bits per heavy atom. The summed E-state index contributed by atoms with van der Waals surface area (Å²) in [4.78, 5) is 25.4. The predicted molar refractivity (Wildman–Crippen MR) is 60.9 cm³/mol. The lowest BCUT2D eigenvalue weighted by atomic mass is 10.3. The Labute approximate surface area is 98.3 Å². The molecule has 0 spiro atoms. The van der Waals surface area contributed by atoms with Gasteiger partial charge >= 0.3 is 0 Å². The van der Waals surface area contributed by atoms with Gasteiger partial charge in [-0.3, -0.25) is 14.6 Å². The number of pyridine rings is 1. The number of nitrogens with two attached hydrogens (primary N) is 2. The fourth-order valence-electron chi connectivity index (χ4n) is 0.987. The number of aryl methyl sites for hydroxylation is 1. The lowest BCUT2D eigenvalue weighted by Crippen LogP contribution is -2.23. The van der Waals surface area contributed by atoms with E-state index in [0.717, 1.165) is 11.8 Å². The number of ketones is 1. The number of nitrogens with zero attached hydrogens (tertiary/aromatic N) is 1. The molecule has 0 atom stereocenters. The summed E-state index contributed by atoms with van der Waals surface area (Å²) in [6, 6.07) is 3.51. The van der Waals surface area contributed by atoms with E-state index in [-0.39, 0.29) is 12.3 Å². The number of hydrogen-bond donors (Lipinski definition) is 2. The summed E-state index contributed by atoms with van der Waals surface area (Å²) in [5, 5.41) is 0. The Balaban J connectivity index is 2.53. The zero-order valence-electron chi connectivity index (χ0n) is 9.34. The van der Waals surface area contributed by atoms with Crippen LogP contribution in [0.3, 0.4) is 0 Å². The van der Waals surface area contributed by atoms with Gasteiger partial charge in [0.1, 0.15) is 12.4 Å². The molecule has 0 aliphatic rings. The standard InChI is InChI=1S/C11H13N3O3/c1-7-2-3-9(5-14-7)17-6-8(12)4-10(15)11(13)16/h2-5H,6,12H2,1H3,(H2,13,16)/b8-4-. The second-order valence-electron chi connectivity index (χ2n) is 3.37.